The van der Waals surface area contributed by atoms with Crippen molar-refractivity contribution >= 4 is 11.7 Å². The molecule has 0 bridgehead atoms. The molecule has 0 radical (unpaired) electrons. The molecule has 0 aliphatic heterocycles. The van der Waals surface area contributed by atoms with E-state index in [2.05, 4.69) is 20.6 Å². The Labute approximate surface area is 111 Å². The zero-order valence-corrected chi connectivity index (χ0v) is 11.3. The molecule has 0 aliphatic carbocycles. The molecule has 0 saturated heterocycles. The van der Waals surface area contributed by atoms with Crippen molar-refractivity contribution in [2.45, 2.75) is 20.3 Å². The number of aromatic nitrogens is 4. The SMILES string of the molecule is Cc1nn(C)c(C)c1CCNC(=O)c1cn[nH]c1N. The quantitative estimate of drug-likeness (QED) is 0.738. The minimum atomic E-state index is -0.217. The van der Waals surface area contributed by atoms with E-state index in [4.69, 9.17) is 5.73 Å². The van der Waals surface area contributed by atoms with Crippen molar-refractivity contribution < 1.29 is 4.79 Å². The van der Waals surface area contributed by atoms with E-state index in [0.29, 0.717) is 12.1 Å². The van der Waals surface area contributed by atoms with Crippen molar-refractivity contribution in [3.05, 3.63) is 28.7 Å². The lowest BCUT2D eigenvalue weighted by Gasteiger charge is -2.05. The molecule has 19 heavy (non-hydrogen) atoms. The third-order valence-electron chi connectivity index (χ3n) is 3.23. The van der Waals surface area contributed by atoms with Gasteiger partial charge in [-0.25, -0.2) is 0 Å². The summed E-state index contributed by atoms with van der Waals surface area (Å²) in [5.41, 5.74) is 9.24. The Kier molecular flexibility index (Phi) is 3.55. The number of rotatable bonds is 4. The van der Waals surface area contributed by atoms with Crippen LogP contribution in [0.5, 0.6) is 0 Å². The van der Waals surface area contributed by atoms with Crippen LogP contribution in [0.1, 0.15) is 27.3 Å². The van der Waals surface area contributed by atoms with Crippen LogP contribution in [0.2, 0.25) is 0 Å². The van der Waals surface area contributed by atoms with Gasteiger partial charge in [0, 0.05) is 19.3 Å². The van der Waals surface area contributed by atoms with Crippen molar-refractivity contribution in [1.82, 2.24) is 25.3 Å². The number of nitrogens with one attached hydrogen (secondary N) is 2. The van der Waals surface area contributed by atoms with E-state index in [1.165, 1.54) is 11.8 Å². The van der Waals surface area contributed by atoms with E-state index in [1.807, 2.05) is 25.6 Å². The molecule has 0 aliphatic rings. The summed E-state index contributed by atoms with van der Waals surface area (Å²) < 4.78 is 1.85. The van der Waals surface area contributed by atoms with Gasteiger partial charge in [0.2, 0.25) is 0 Å². The molecule has 7 heteroatoms. The standard InChI is InChI=1S/C12H18N6O/c1-7-9(8(2)18(3)17-7)4-5-14-12(19)10-6-15-16-11(10)13/h6H,4-5H2,1-3H3,(H,14,19)(H3,13,15,16). The number of nitrogens with zero attached hydrogens (tertiary/aromatic N) is 3. The molecule has 1 amide bonds. The molecule has 2 heterocycles. The number of carbonyl (C=O) groups is 1. The Morgan fingerprint density at radius 2 is 2.26 bits per heavy atom. The number of carbonyl (C=O) groups excluding carboxylic acids is 1. The van der Waals surface area contributed by atoms with Crippen molar-refractivity contribution in [3.8, 4) is 0 Å². The molecular weight excluding hydrogens is 244 g/mol. The van der Waals surface area contributed by atoms with Gasteiger partial charge in [0.15, 0.2) is 0 Å². The first-order chi connectivity index (χ1) is 9.00. The van der Waals surface area contributed by atoms with E-state index in [-0.39, 0.29) is 11.7 Å². The van der Waals surface area contributed by atoms with Gasteiger partial charge in [-0.05, 0) is 25.8 Å². The Morgan fingerprint density at radius 1 is 1.53 bits per heavy atom. The third-order valence-corrected chi connectivity index (χ3v) is 3.23. The van der Waals surface area contributed by atoms with Gasteiger partial charge in [-0.15, -0.1) is 0 Å². The molecule has 102 valence electrons. The largest absolute Gasteiger partial charge is 0.383 e. The fourth-order valence-corrected chi connectivity index (χ4v) is 2.05. The average molecular weight is 262 g/mol. The highest BCUT2D eigenvalue weighted by atomic mass is 16.1. The lowest BCUT2D eigenvalue weighted by Crippen LogP contribution is -2.26. The summed E-state index contributed by atoms with van der Waals surface area (Å²) in [5, 5.41) is 13.4. The highest BCUT2D eigenvalue weighted by Crippen LogP contribution is 2.12. The van der Waals surface area contributed by atoms with Crippen LogP contribution in [0, 0.1) is 13.8 Å². The van der Waals surface area contributed by atoms with Gasteiger partial charge in [0.1, 0.15) is 11.4 Å². The van der Waals surface area contributed by atoms with Crippen molar-refractivity contribution in [2.75, 3.05) is 12.3 Å². The monoisotopic (exact) mass is 262 g/mol. The number of nitrogen functional groups attached to an aromatic ring is 1. The molecular formula is C12H18N6O. The summed E-state index contributed by atoms with van der Waals surface area (Å²) in [6, 6.07) is 0. The summed E-state index contributed by atoms with van der Waals surface area (Å²) in [6.07, 6.45) is 2.17. The number of aromatic amines is 1. The maximum atomic E-state index is 11.8. The highest BCUT2D eigenvalue weighted by Gasteiger charge is 2.12. The molecule has 2 aromatic rings. The first-order valence-corrected chi connectivity index (χ1v) is 6.06. The van der Waals surface area contributed by atoms with Gasteiger partial charge >= 0.3 is 0 Å². The van der Waals surface area contributed by atoms with Crippen LogP contribution < -0.4 is 11.1 Å². The van der Waals surface area contributed by atoms with Gasteiger partial charge in [-0.1, -0.05) is 0 Å². The van der Waals surface area contributed by atoms with E-state index in [0.717, 1.165) is 17.8 Å². The van der Waals surface area contributed by atoms with Gasteiger partial charge in [0.25, 0.3) is 5.91 Å². The maximum Gasteiger partial charge on any atom is 0.256 e. The summed E-state index contributed by atoms with van der Waals surface area (Å²) in [4.78, 5) is 11.8. The number of anilines is 1. The predicted octanol–water partition coefficient (Wildman–Crippen LogP) is 0.315. The fourth-order valence-electron chi connectivity index (χ4n) is 2.05. The fraction of sp³-hybridized carbons (Fsp3) is 0.417. The second-order valence-corrected chi connectivity index (χ2v) is 4.48. The van der Waals surface area contributed by atoms with Crippen molar-refractivity contribution in [3.63, 3.8) is 0 Å². The zero-order chi connectivity index (χ0) is 14.0. The summed E-state index contributed by atoms with van der Waals surface area (Å²) >= 11 is 0. The zero-order valence-electron chi connectivity index (χ0n) is 11.3. The molecule has 0 spiro atoms. The summed E-state index contributed by atoms with van der Waals surface area (Å²) in [5.74, 6) is 0.0664. The van der Waals surface area contributed by atoms with E-state index < -0.39 is 0 Å². The molecule has 0 fully saturated rings. The van der Waals surface area contributed by atoms with Crippen LogP contribution in [0.25, 0.3) is 0 Å². The van der Waals surface area contributed by atoms with Gasteiger partial charge in [-0.3, -0.25) is 14.6 Å². The second-order valence-electron chi connectivity index (χ2n) is 4.48. The number of hydrogen-bond acceptors (Lipinski definition) is 4. The molecule has 0 unspecified atom stereocenters. The van der Waals surface area contributed by atoms with Crippen LogP contribution in [0.3, 0.4) is 0 Å². The van der Waals surface area contributed by atoms with Crippen LogP contribution in [0.15, 0.2) is 6.20 Å². The Bertz CT molecular complexity index is 597. The van der Waals surface area contributed by atoms with E-state index in [9.17, 15) is 4.79 Å². The number of amides is 1. The average Bonchev–Trinajstić information content (AvgIpc) is 2.88. The van der Waals surface area contributed by atoms with Crippen molar-refractivity contribution in [1.29, 1.82) is 0 Å². The van der Waals surface area contributed by atoms with Crippen LogP contribution >= 0.6 is 0 Å². The molecule has 2 aromatic heterocycles. The second kappa shape index (κ2) is 5.13. The number of hydrogen-bond donors (Lipinski definition) is 3. The minimum absolute atomic E-state index is 0.217. The van der Waals surface area contributed by atoms with Gasteiger partial charge in [0.05, 0.1) is 11.9 Å². The van der Waals surface area contributed by atoms with Crippen molar-refractivity contribution in [2.24, 2.45) is 7.05 Å². The third kappa shape index (κ3) is 2.59. The maximum absolute atomic E-state index is 11.8. The lowest BCUT2D eigenvalue weighted by atomic mass is 10.1. The number of nitrogens with two attached hydrogens (primary N) is 1. The van der Waals surface area contributed by atoms with Gasteiger partial charge in [-0.2, -0.15) is 10.2 Å². The first kappa shape index (κ1) is 13.1. The smallest absolute Gasteiger partial charge is 0.256 e. The normalized spacial score (nSPS) is 10.7. The Balaban J connectivity index is 1.94. The Hall–Kier alpha value is -2.31. The highest BCUT2D eigenvalue weighted by molar-refractivity contribution is 5.98. The summed E-state index contributed by atoms with van der Waals surface area (Å²) in [7, 11) is 1.91. The first-order valence-electron chi connectivity index (χ1n) is 6.06. The topological polar surface area (TPSA) is 102 Å². The Morgan fingerprint density at radius 3 is 2.79 bits per heavy atom. The predicted molar refractivity (Wildman–Crippen MR) is 71.7 cm³/mol. The van der Waals surface area contributed by atoms with Gasteiger partial charge < -0.3 is 11.1 Å². The molecule has 0 aromatic carbocycles. The van der Waals surface area contributed by atoms with Crippen LogP contribution in [-0.4, -0.2) is 32.4 Å². The minimum Gasteiger partial charge on any atom is -0.383 e. The molecule has 0 saturated carbocycles. The molecule has 7 nitrogen and oxygen atoms in total. The van der Waals surface area contributed by atoms with E-state index in [1.54, 1.807) is 0 Å². The molecule has 2 rings (SSSR count). The molecule has 4 N–H and O–H groups in total. The number of H-pyrrole nitrogens is 1. The van der Waals surface area contributed by atoms with Crippen LogP contribution in [-0.2, 0) is 13.5 Å². The number of aryl methyl sites for hydroxylation is 2. The van der Waals surface area contributed by atoms with E-state index >= 15 is 0 Å². The van der Waals surface area contributed by atoms with Crippen LogP contribution in [0.4, 0.5) is 5.82 Å². The summed E-state index contributed by atoms with van der Waals surface area (Å²) in [6.45, 7) is 4.53. The molecule has 0 atom stereocenters. The lowest BCUT2D eigenvalue weighted by molar-refractivity contribution is 0.0955.